The molecule has 0 radical (unpaired) electrons. The van der Waals surface area contributed by atoms with Crippen LogP contribution in [-0.4, -0.2) is 37.4 Å². The van der Waals surface area contributed by atoms with E-state index in [1.54, 1.807) is 6.07 Å². The molecule has 8 heteroatoms. The third-order valence-corrected chi connectivity index (χ3v) is 4.91. The van der Waals surface area contributed by atoms with E-state index in [0.29, 0.717) is 5.92 Å². The Kier molecular flexibility index (Phi) is 6.93. The highest BCUT2D eigenvalue weighted by atomic mass is 35.5. The van der Waals surface area contributed by atoms with Crippen molar-refractivity contribution in [2.75, 3.05) is 26.2 Å². The van der Waals surface area contributed by atoms with Crippen LogP contribution in [0.5, 0.6) is 5.75 Å². The van der Waals surface area contributed by atoms with Gasteiger partial charge in [0.25, 0.3) is 0 Å². The number of ether oxygens (including phenoxy) is 1. The quantitative estimate of drug-likeness (QED) is 0.786. The largest absolute Gasteiger partial charge is 0.573 e. The van der Waals surface area contributed by atoms with E-state index in [0.717, 1.165) is 63.5 Å². The highest BCUT2D eigenvalue weighted by molar-refractivity contribution is 5.85. The van der Waals surface area contributed by atoms with Crippen LogP contribution in [0.25, 0.3) is 0 Å². The van der Waals surface area contributed by atoms with Gasteiger partial charge in [-0.1, -0.05) is 18.9 Å². The minimum absolute atomic E-state index is 0. The highest BCUT2D eigenvalue weighted by Crippen LogP contribution is 2.40. The topological polar surface area (TPSA) is 24.5 Å². The van der Waals surface area contributed by atoms with Gasteiger partial charge in [-0.3, -0.25) is 4.90 Å². The minimum Gasteiger partial charge on any atom is -0.403 e. The molecule has 1 aromatic rings. The molecule has 0 amide bonds. The van der Waals surface area contributed by atoms with Crippen molar-refractivity contribution in [2.24, 2.45) is 5.92 Å². The van der Waals surface area contributed by atoms with E-state index in [9.17, 15) is 17.6 Å². The SMILES string of the molecule is Cl.Fc1cc([C@@H](C2CCCC2)N2CCNCC2)ccc1OC(F)(F)F. The molecule has 0 aromatic heterocycles. The summed E-state index contributed by atoms with van der Waals surface area (Å²) in [5, 5.41) is 3.30. The van der Waals surface area contributed by atoms with Crippen molar-refractivity contribution in [1.29, 1.82) is 0 Å². The number of rotatable bonds is 4. The van der Waals surface area contributed by atoms with Gasteiger partial charge >= 0.3 is 6.36 Å². The zero-order valence-electron chi connectivity index (χ0n) is 13.8. The van der Waals surface area contributed by atoms with Crippen LogP contribution in [0.4, 0.5) is 17.6 Å². The van der Waals surface area contributed by atoms with Gasteiger partial charge in [0.1, 0.15) is 0 Å². The lowest BCUT2D eigenvalue weighted by molar-refractivity contribution is -0.275. The Labute approximate surface area is 151 Å². The summed E-state index contributed by atoms with van der Waals surface area (Å²) >= 11 is 0. The lowest BCUT2D eigenvalue weighted by atomic mass is 9.89. The van der Waals surface area contributed by atoms with Crippen LogP contribution in [0, 0.1) is 11.7 Å². The summed E-state index contributed by atoms with van der Waals surface area (Å²) in [6.45, 7) is 3.48. The van der Waals surface area contributed by atoms with E-state index in [1.165, 1.54) is 6.07 Å². The normalized spacial score (nSPS) is 21.0. The Bertz CT molecular complexity index is 558. The van der Waals surface area contributed by atoms with E-state index >= 15 is 0 Å². The number of nitrogens with one attached hydrogen (secondary N) is 1. The van der Waals surface area contributed by atoms with Gasteiger partial charge in [-0.25, -0.2) is 4.39 Å². The number of hydrogen-bond donors (Lipinski definition) is 1. The third kappa shape index (κ3) is 5.21. The predicted octanol–water partition coefficient (Wildman–Crippen LogP) is 4.28. The second-order valence-corrected chi connectivity index (χ2v) is 6.51. The van der Waals surface area contributed by atoms with Crippen LogP contribution in [0.15, 0.2) is 18.2 Å². The molecule has 142 valence electrons. The zero-order chi connectivity index (χ0) is 17.2. The Morgan fingerprint density at radius 2 is 1.76 bits per heavy atom. The third-order valence-electron chi connectivity index (χ3n) is 4.91. The lowest BCUT2D eigenvalue weighted by Gasteiger charge is -2.38. The molecular weight excluding hydrogens is 360 g/mol. The average molecular weight is 383 g/mol. The molecule has 3 nitrogen and oxygen atoms in total. The first-order valence-electron chi connectivity index (χ1n) is 8.44. The van der Waals surface area contributed by atoms with Crippen molar-refractivity contribution in [2.45, 2.75) is 38.1 Å². The van der Waals surface area contributed by atoms with Crippen LogP contribution < -0.4 is 10.1 Å². The summed E-state index contributed by atoms with van der Waals surface area (Å²) < 4.78 is 54.8. The number of halogens is 5. The van der Waals surface area contributed by atoms with Crippen LogP contribution in [0.1, 0.15) is 37.3 Å². The number of hydrogen-bond acceptors (Lipinski definition) is 3. The molecule has 1 heterocycles. The molecule has 2 fully saturated rings. The molecule has 1 aliphatic heterocycles. The van der Waals surface area contributed by atoms with Crippen molar-refractivity contribution in [1.82, 2.24) is 10.2 Å². The molecule has 0 unspecified atom stereocenters. The molecule has 25 heavy (non-hydrogen) atoms. The standard InChI is InChI=1S/C17H22F4N2O.ClH/c18-14-11-13(5-6-15(14)24-17(19,20)21)16(12-3-1-2-4-12)23-9-7-22-8-10-23;/h5-6,11-12,16,22H,1-4,7-10H2;1H/t16-;/m1./s1. The van der Waals surface area contributed by atoms with E-state index in [2.05, 4.69) is 15.0 Å². The fourth-order valence-corrected chi connectivity index (χ4v) is 3.92. The lowest BCUT2D eigenvalue weighted by Crippen LogP contribution is -2.46. The van der Waals surface area contributed by atoms with Gasteiger partial charge in [-0.2, -0.15) is 0 Å². The molecule has 0 bridgehead atoms. The summed E-state index contributed by atoms with van der Waals surface area (Å²) in [6.07, 6.45) is -0.407. The summed E-state index contributed by atoms with van der Waals surface area (Å²) in [5.41, 5.74) is 0.746. The summed E-state index contributed by atoms with van der Waals surface area (Å²) in [7, 11) is 0. The van der Waals surface area contributed by atoms with Gasteiger partial charge in [-0.15, -0.1) is 25.6 Å². The summed E-state index contributed by atoms with van der Waals surface area (Å²) in [4.78, 5) is 2.32. The predicted molar refractivity (Wildman–Crippen MR) is 89.5 cm³/mol. The molecule has 1 aromatic carbocycles. The molecule has 1 saturated heterocycles. The van der Waals surface area contributed by atoms with Crippen LogP contribution in [-0.2, 0) is 0 Å². The van der Waals surface area contributed by atoms with Gasteiger partial charge in [0.2, 0.25) is 0 Å². The number of nitrogens with zero attached hydrogens (tertiary/aromatic N) is 1. The number of alkyl halides is 3. The molecule has 1 aliphatic carbocycles. The fourth-order valence-electron chi connectivity index (χ4n) is 3.92. The first-order chi connectivity index (χ1) is 11.4. The molecule has 3 rings (SSSR count). The Balaban J connectivity index is 0.00000225. The maximum Gasteiger partial charge on any atom is 0.573 e. The van der Waals surface area contributed by atoms with Crippen LogP contribution >= 0.6 is 12.4 Å². The monoisotopic (exact) mass is 382 g/mol. The molecule has 1 atom stereocenters. The average Bonchev–Trinajstić information content (AvgIpc) is 3.04. The molecule has 1 saturated carbocycles. The van der Waals surface area contributed by atoms with Gasteiger partial charge < -0.3 is 10.1 Å². The molecular formula is C17H23ClF4N2O. The Hall–Kier alpha value is -1.05. The molecule has 2 aliphatic rings. The smallest absolute Gasteiger partial charge is 0.403 e. The second kappa shape index (κ2) is 8.56. The number of piperazine rings is 1. The molecule has 0 spiro atoms. The second-order valence-electron chi connectivity index (χ2n) is 6.51. The molecule has 1 N–H and O–H groups in total. The van der Waals surface area contributed by atoms with E-state index < -0.39 is 17.9 Å². The van der Waals surface area contributed by atoms with Crippen molar-refractivity contribution in [3.05, 3.63) is 29.6 Å². The first-order valence-corrected chi connectivity index (χ1v) is 8.44. The fraction of sp³-hybridized carbons (Fsp3) is 0.647. The van der Waals surface area contributed by atoms with Crippen molar-refractivity contribution in [3.63, 3.8) is 0 Å². The first kappa shape index (κ1) is 20.3. The maximum atomic E-state index is 14.1. The van der Waals surface area contributed by atoms with Crippen molar-refractivity contribution < 1.29 is 22.3 Å². The van der Waals surface area contributed by atoms with Gasteiger partial charge in [0.05, 0.1) is 0 Å². The van der Waals surface area contributed by atoms with E-state index in [1.807, 2.05) is 0 Å². The van der Waals surface area contributed by atoms with Crippen LogP contribution in [0.2, 0.25) is 0 Å². The van der Waals surface area contributed by atoms with Gasteiger partial charge in [0.15, 0.2) is 11.6 Å². The van der Waals surface area contributed by atoms with Gasteiger partial charge in [0, 0.05) is 32.2 Å². The summed E-state index contributed by atoms with van der Waals surface area (Å²) in [6, 6.07) is 3.95. The van der Waals surface area contributed by atoms with Gasteiger partial charge in [-0.05, 0) is 36.5 Å². The minimum atomic E-state index is -4.88. The summed E-state index contributed by atoms with van der Waals surface area (Å²) in [5.74, 6) is -1.29. The van der Waals surface area contributed by atoms with E-state index in [4.69, 9.17) is 0 Å². The Morgan fingerprint density at radius 1 is 1.12 bits per heavy atom. The van der Waals surface area contributed by atoms with Crippen molar-refractivity contribution in [3.8, 4) is 5.75 Å². The Morgan fingerprint density at radius 3 is 2.32 bits per heavy atom. The van der Waals surface area contributed by atoms with E-state index in [-0.39, 0.29) is 18.4 Å². The van der Waals surface area contributed by atoms with Crippen LogP contribution in [0.3, 0.4) is 0 Å². The zero-order valence-corrected chi connectivity index (χ0v) is 14.6. The number of benzene rings is 1. The van der Waals surface area contributed by atoms with Crippen molar-refractivity contribution >= 4 is 12.4 Å². The highest BCUT2D eigenvalue weighted by Gasteiger charge is 2.34. The maximum absolute atomic E-state index is 14.1.